The van der Waals surface area contributed by atoms with Crippen molar-refractivity contribution < 1.29 is 9.59 Å². The number of carbonyl (C=O) groups is 2. The van der Waals surface area contributed by atoms with Gasteiger partial charge in [-0.2, -0.15) is 0 Å². The third-order valence-corrected chi connectivity index (χ3v) is 4.26. The van der Waals surface area contributed by atoms with Crippen LogP contribution < -0.4 is 5.32 Å². The summed E-state index contributed by atoms with van der Waals surface area (Å²) < 4.78 is 0. The Labute approximate surface area is 136 Å². The lowest BCUT2D eigenvalue weighted by molar-refractivity contribution is -0.138. The average molecular weight is 323 g/mol. The average Bonchev–Trinajstić information content (AvgIpc) is 2.52. The molecule has 1 aliphatic rings. The lowest BCUT2D eigenvalue weighted by atomic mass is 9.95. The highest BCUT2D eigenvalue weighted by Crippen LogP contribution is 2.19. The van der Waals surface area contributed by atoms with E-state index in [1.54, 1.807) is 0 Å². The molecule has 0 aromatic heterocycles. The number of nitrogens with zero attached hydrogens (tertiary/aromatic N) is 1. The molecule has 0 unspecified atom stereocenters. The normalized spacial score (nSPS) is 15.9. The predicted molar refractivity (Wildman–Crippen MR) is 87.4 cm³/mol. The fourth-order valence-electron chi connectivity index (χ4n) is 2.71. The van der Waals surface area contributed by atoms with Gasteiger partial charge >= 0.3 is 0 Å². The molecule has 1 heterocycles. The maximum atomic E-state index is 12.2. The van der Waals surface area contributed by atoms with E-state index in [4.69, 9.17) is 11.6 Å². The molecule has 1 aliphatic heterocycles. The summed E-state index contributed by atoms with van der Waals surface area (Å²) in [5, 5.41) is 3.64. The highest BCUT2D eigenvalue weighted by atomic mass is 35.5. The van der Waals surface area contributed by atoms with Crippen molar-refractivity contribution in [1.29, 1.82) is 0 Å². The number of hydrogen-bond acceptors (Lipinski definition) is 2. The van der Waals surface area contributed by atoms with Crippen molar-refractivity contribution in [3.8, 4) is 0 Å². The Morgan fingerprint density at radius 2 is 2.00 bits per heavy atom. The summed E-state index contributed by atoms with van der Waals surface area (Å²) in [4.78, 5) is 26.0. The number of amides is 2. The summed E-state index contributed by atoms with van der Waals surface area (Å²) >= 11 is 5.93. The molecule has 1 fully saturated rings. The molecular weight excluding hydrogens is 300 g/mol. The second-order valence-electron chi connectivity index (χ2n) is 6.10. The Hall–Kier alpha value is -1.55. The number of likely N-dealkylation sites (tertiary alicyclic amines) is 1. The van der Waals surface area contributed by atoms with Crippen molar-refractivity contribution in [3.63, 3.8) is 0 Å². The largest absolute Gasteiger partial charge is 0.352 e. The Morgan fingerprint density at radius 1 is 1.32 bits per heavy atom. The van der Waals surface area contributed by atoms with Crippen molar-refractivity contribution in [2.75, 3.05) is 13.1 Å². The predicted octanol–water partition coefficient (Wildman–Crippen LogP) is 2.85. The van der Waals surface area contributed by atoms with Gasteiger partial charge < -0.3 is 10.2 Å². The van der Waals surface area contributed by atoms with Gasteiger partial charge in [0.2, 0.25) is 11.8 Å². The van der Waals surface area contributed by atoms with Crippen molar-refractivity contribution in [2.45, 2.75) is 33.2 Å². The third kappa shape index (κ3) is 4.47. The molecule has 2 amide bonds. The van der Waals surface area contributed by atoms with E-state index in [1.807, 2.05) is 43.0 Å². The fourth-order valence-corrected chi connectivity index (χ4v) is 2.92. The van der Waals surface area contributed by atoms with E-state index in [2.05, 4.69) is 5.32 Å². The maximum absolute atomic E-state index is 12.2. The van der Waals surface area contributed by atoms with Crippen LogP contribution in [0.5, 0.6) is 0 Å². The minimum Gasteiger partial charge on any atom is -0.352 e. The van der Waals surface area contributed by atoms with Crippen LogP contribution in [0.25, 0.3) is 0 Å². The van der Waals surface area contributed by atoms with Gasteiger partial charge in [-0.25, -0.2) is 0 Å². The van der Waals surface area contributed by atoms with E-state index in [0.29, 0.717) is 24.7 Å². The third-order valence-electron chi connectivity index (χ3n) is 4.03. The minimum atomic E-state index is -0.00426. The van der Waals surface area contributed by atoms with Gasteiger partial charge in [0.1, 0.15) is 0 Å². The monoisotopic (exact) mass is 322 g/mol. The molecule has 2 rings (SSSR count). The molecule has 1 N–H and O–H groups in total. The quantitative estimate of drug-likeness (QED) is 0.926. The van der Waals surface area contributed by atoms with Crippen LogP contribution in [0.4, 0.5) is 0 Å². The van der Waals surface area contributed by atoms with Gasteiger partial charge in [0.25, 0.3) is 0 Å². The van der Waals surface area contributed by atoms with Crippen LogP contribution in [0.1, 0.15) is 32.3 Å². The molecule has 1 aromatic rings. The van der Waals surface area contributed by atoms with Crippen LogP contribution in [-0.4, -0.2) is 29.8 Å². The highest BCUT2D eigenvalue weighted by Gasteiger charge is 2.27. The molecule has 1 aromatic carbocycles. The Kier molecular flexibility index (Phi) is 5.83. The van der Waals surface area contributed by atoms with Crippen molar-refractivity contribution in [2.24, 2.45) is 11.8 Å². The first-order valence-electron chi connectivity index (χ1n) is 7.78. The first kappa shape index (κ1) is 16.8. The zero-order chi connectivity index (χ0) is 16.1. The number of carbonyl (C=O) groups excluding carboxylic acids is 2. The van der Waals surface area contributed by atoms with Gasteiger partial charge in [0, 0.05) is 36.5 Å². The van der Waals surface area contributed by atoms with E-state index in [-0.39, 0.29) is 23.7 Å². The summed E-state index contributed by atoms with van der Waals surface area (Å²) in [6.07, 6.45) is 1.47. The molecule has 0 radical (unpaired) electrons. The van der Waals surface area contributed by atoms with Crippen molar-refractivity contribution in [3.05, 3.63) is 34.9 Å². The Bertz CT molecular complexity index is 537. The molecule has 5 heteroatoms. The van der Waals surface area contributed by atoms with Gasteiger partial charge in [0.15, 0.2) is 0 Å². The van der Waals surface area contributed by atoms with Crippen LogP contribution in [0, 0.1) is 11.8 Å². The second kappa shape index (κ2) is 7.63. The van der Waals surface area contributed by atoms with Crippen molar-refractivity contribution >= 4 is 23.4 Å². The summed E-state index contributed by atoms with van der Waals surface area (Å²) in [6, 6.07) is 7.48. The zero-order valence-electron chi connectivity index (χ0n) is 13.1. The molecule has 4 nitrogen and oxygen atoms in total. The van der Waals surface area contributed by atoms with Gasteiger partial charge in [0.05, 0.1) is 0 Å². The lowest BCUT2D eigenvalue weighted by Crippen LogP contribution is -2.44. The van der Waals surface area contributed by atoms with Crippen LogP contribution in [0.3, 0.4) is 0 Å². The number of nitrogens with one attached hydrogen (secondary N) is 1. The molecular formula is C17H23ClN2O2. The first-order valence-corrected chi connectivity index (χ1v) is 8.16. The number of rotatable bonds is 4. The Morgan fingerprint density at radius 3 is 2.59 bits per heavy atom. The van der Waals surface area contributed by atoms with Gasteiger partial charge in [-0.05, 0) is 30.5 Å². The number of halogens is 1. The summed E-state index contributed by atoms with van der Waals surface area (Å²) in [5.41, 5.74) is 0.994. The number of benzene rings is 1. The molecule has 0 atom stereocenters. The van der Waals surface area contributed by atoms with Crippen LogP contribution in [0.2, 0.25) is 5.02 Å². The summed E-state index contributed by atoms with van der Waals surface area (Å²) in [7, 11) is 0. The highest BCUT2D eigenvalue weighted by molar-refractivity contribution is 6.30. The molecule has 1 saturated heterocycles. The van der Waals surface area contributed by atoms with E-state index in [0.717, 1.165) is 18.4 Å². The maximum Gasteiger partial charge on any atom is 0.225 e. The standard InChI is InChI=1S/C17H23ClN2O2/c1-12(2)17(22)20-8-6-14(7-9-20)16(21)19-11-13-4-3-5-15(18)10-13/h3-5,10,12,14H,6-9,11H2,1-2H3,(H,19,21). The van der Waals surface area contributed by atoms with Crippen LogP contribution >= 0.6 is 11.6 Å². The smallest absolute Gasteiger partial charge is 0.225 e. The lowest BCUT2D eigenvalue weighted by Gasteiger charge is -2.32. The first-order chi connectivity index (χ1) is 10.5. The van der Waals surface area contributed by atoms with E-state index < -0.39 is 0 Å². The molecule has 0 aliphatic carbocycles. The summed E-state index contributed by atoms with van der Waals surface area (Å²) in [6.45, 7) is 5.65. The van der Waals surface area contributed by atoms with Gasteiger partial charge in [-0.3, -0.25) is 9.59 Å². The van der Waals surface area contributed by atoms with Gasteiger partial charge in [-0.1, -0.05) is 37.6 Å². The van der Waals surface area contributed by atoms with E-state index in [9.17, 15) is 9.59 Å². The zero-order valence-corrected chi connectivity index (χ0v) is 13.9. The minimum absolute atomic E-state index is 0.00426. The molecule has 0 spiro atoms. The van der Waals surface area contributed by atoms with E-state index >= 15 is 0 Å². The SMILES string of the molecule is CC(C)C(=O)N1CCC(C(=O)NCc2cccc(Cl)c2)CC1. The van der Waals surface area contributed by atoms with Crippen LogP contribution in [-0.2, 0) is 16.1 Å². The fraction of sp³-hybridized carbons (Fsp3) is 0.529. The summed E-state index contributed by atoms with van der Waals surface area (Å²) in [5.74, 6) is 0.262. The second-order valence-corrected chi connectivity index (χ2v) is 6.54. The van der Waals surface area contributed by atoms with Gasteiger partial charge in [-0.15, -0.1) is 0 Å². The molecule has 0 bridgehead atoms. The molecule has 22 heavy (non-hydrogen) atoms. The van der Waals surface area contributed by atoms with Crippen molar-refractivity contribution in [1.82, 2.24) is 10.2 Å². The Balaban J connectivity index is 1.79. The number of hydrogen-bond donors (Lipinski definition) is 1. The van der Waals surface area contributed by atoms with E-state index in [1.165, 1.54) is 0 Å². The molecule has 120 valence electrons. The van der Waals surface area contributed by atoms with Crippen LogP contribution in [0.15, 0.2) is 24.3 Å². The number of piperidine rings is 1. The topological polar surface area (TPSA) is 49.4 Å². The molecule has 0 saturated carbocycles.